The summed E-state index contributed by atoms with van der Waals surface area (Å²) < 4.78 is 81.0. The molecule has 3 aliphatic heterocycles. The number of aliphatic hydroxyl groups excluding tert-OH is 1. The first kappa shape index (κ1) is 29.7. The van der Waals surface area contributed by atoms with Crippen LogP contribution in [-0.4, -0.2) is 71.5 Å². The van der Waals surface area contributed by atoms with E-state index >= 15 is 0 Å². The minimum Gasteiger partial charge on any atom is -0.391 e. The maximum atomic E-state index is 13.7. The summed E-state index contributed by atoms with van der Waals surface area (Å²) in [5.41, 5.74) is -1.08. The normalized spacial score (nSPS) is 25.5. The minimum atomic E-state index is -4.92. The number of hydrogen-bond acceptors (Lipinski definition) is 6. The fourth-order valence-electron chi connectivity index (χ4n) is 6.47. The van der Waals surface area contributed by atoms with Crippen LogP contribution in [-0.2, 0) is 32.2 Å². The Hall–Kier alpha value is -3.36. The molecular weight excluding hydrogens is 592 g/mol. The number of halogens is 4. The van der Waals surface area contributed by atoms with Gasteiger partial charge in [0.2, 0.25) is 15.9 Å². The number of nitrogens with one attached hydrogen (secondary N) is 1. The average molecular weight is 623 g/mol. The van der Waals surface area contributed by atoms with E-state index in [9.17, 15) is 40.7 Å². The third kappa shape index (κ3) is 5.12. The van der Waals surface area contributed by atoms with Gasteiger partial charge in [-0.3, -0.25) is 14.6 Å². The molecule has 6 rings (SSSR count). The summed E-state index contributed by atoms with van der Waals surface area (Å²) in [6.07, 6.45) is -3.60. The summed E-state index contributed by atoms with van der Waals surface area (Å²) in [5, 5.41) is 12.6. The number of aliphatic imine (C=N–C) groups is 1. The third-order valence-corrected chi connectivity index (χ3v) is 11.0. The Morgan fingerprint density at radius 2 is 1.79 bits per heavy atom. The lowest BCUT2D eigenvalue weighted by Crippen LogP contribution is -2.50. The molecule has 1 aliphatic carbocycles. The van der Waals surface area contributed by atoms with E-state index in [1.807, 2.05) is 13.0 Å². The summed E-state index contributed by atoms with van der Waals surface area (Å²) in [5.74, 6) is -2.30. The van der Waals surface area contributed by atoms with Gasteiger partial charge in [-0.25, -0.2) is 17.1 Å². The van der Waals surface area contributed by atoms with Crippen molar-refractivity contribution in [2.24, 2.45) is 4.99 Å². The van der Waals surface area contributed by atoms with E-state index in [-0.39, 0.29) is 55.4 Å². The summed E-state index contributed by atoms with van der Waals surface area (Å²) >= 11 is 0. The maximum absolute atomic E-state index is 13.7. The van der Waals surface area contributed by atoms with Gasteiger partial charge in [-0.2, -0.15) is 13.2 Å². The molecule has 1 saturated carbocycles. The number of benzene rings is 2. The van der Waals surface area contributed by atoms with E-state index in [2.05, 4.69) is 10.3 Å². The molecule has 43 heavy (non-hydrogen) atoms. The standard InChI is InChI=1S/C29H30F4N4O5S/c1-17-14-20(37-24(39)6-8-28(37)16-23(28)38)4-2-18(17)7-13-43(41,42)36-11-9-27(10-12-36)26(40)34-25(35-27)19-3-5-22(30)21(15-19)29(31,32)33/h2-5,14-15,23,38H,6-13,16H2,1H3,(H,34,35,40). The SMILES string of the molecule is Cc1cc(N2C(=O)CCC23CC3O)ccc1CCS(=O)(=O)N1CCC2(CC1)N=C(c1ccc(F)c(C(F)(F)F)c1)NC2=O. The monoisotopic (exact) mass is 622 g/mol. The molecule has 2 amide bonds. The van der Waals surface area contributed by atoms with Crippen molar-refractivity contribution in [1.82, 2.24) is 9.62 Å². The Kier molecular flexibility index (Phi) is 6.97. The summed E-state index contributed by atoms with van der Waals surface area (Å²) in [4.78, 5) is 31.4. The molecule has 0 radical (unpaired) electrons. The van der Waals surface area contributed by atoms with Gasteiger partial charge in [-0.05, 0) is 74.1 Å². The number of sulfonamides is 1. The molecular formula is C29H30F4N4O5S. The van der Waals surface area contributed by atoms with Crippen molar-refractivity contribution in [2.45, 2.75) is 68.8 Å². The lowest BCUT2D eigenvalue weighted by Gasteiger charge is -2.34. The van der Waals surface area contributed by atoms with Crippen LogP contribution in [0.2, 0.25) is 0 Å². The van der Waals surface area contributed by atoms with Gasteiger partial charge in [0, 0.05) is 37.2 Å². The number of anilines is 1. The third-order valence-electron chi connectivity index (χ3n) is 9.16. The van der Waals surface area contributed by atoms with Crippen LogP contribution in [0.3, 0.4) is 0 Å². The largest absolute Gasteiger partial charge is 0.419 e. The zero-order chi connectivity index (χ0) is 30.9. The van der Waals surface area contributed by atoms with Crippen molar-refractivity contribution in [2.75, 3.05) is 23.7 Å². The van der Waals surface area contributed by atoms with E-state index in [0.717, 1.165) is 17.2 Å². The van der Waals surface area contributed by atoms with Gasteiger partial charge in [0.1, 0.15) is 17.2 Å². The Morgan fingerprint density at radius 3 is 2.42 bits per heavy atom. The number of rotatable bonds is 6. The van der Waals surface area contributed by atoms with Crippen molar-refractivity contribution in [3.05, 3.63) is 64.5 Å². The molecule has 2 unspecified atom stereocenters. The highest BCUT2D eigenvalue weighted by Crippen LogP contribution is 2.52. The Labute approximate surface area is 245 Å². The highest BCUT2D eigenvalue weighted by atomic mass is 32.2. The van der Waals surface area contributed by atoms with E-state index in [4.69, 9.17) is 0 Å². The molecule has 4 aliphatic rings. The molecule has 2 atom stereocenters. The van der Waals surface area contributed by atoms with Crippen molar-refractivity contribution in [3.8, 4) is 0 Å². The zero-order valence-electron chi connectivity index (χ0n) is 23.2. The molecule has 3 heterocycles. The van der Waals surface area contributed by atoms with Crippen LogP contribution in [0.5, 0.6) is 0 Å². The topological polar surface area (TPSA) is 119 Å². The number of aliphatic hydroxyl groups is 1. The van der Waals surface area contributed by atoms with Crippen LogP contribution in [0.4, 0.5) is 23.2 Å². The zero-order valence-corrected chi connectivity index (χ0v) is 24.1. The highest BCUT2D eigenvalue weighted by molar-refractivity contribution is 7.89. The van der Waals surface area contributed by atoms with Gasteiger partial charge in [0.05, 0.1) is 23.0 Å². The van der Waals surface area contributed by atoms with Crippen LogP contribution < -0.4 is 10.2 Å². The van der Waals surface area contributed by atoms with Crippen molar-refractivity contribution in [1.29, 1.82) is 0 Å². The van der Waals surface area contributed by atoms with Crippen molar-refractivity contribution < 1.29 is 40.7 Å². The number of nitrogens with zero attached hydrogens (tertiary/aromatic N) is 3. The minimum absolute atomic E-state index is 0.00313. The van der Waals surface area contributed by atoms with Gasteiger partial charge in [-0.1, -0.05) is 6.07 Å². The number of piperidine rings is 1. The average Bonchev–Trinajstić information content (AvgIpc) is 3.30. The molecule has 230 valence electrons. The second-order valence-corrected chi connectivity index (χ2v) is 13.9. The number of amidine groups is 1. The molecule has 0 bridgehead atoms. The molecule has 2 aromatic rings. The first-order valence-electron chi connectivity index (χ1n) is 14.0. The number of alkyl halides is 3. The first-order chi connectivity index (χ1) is 20.2. The number of amides is 2. The molecule has 0 aromatic heterocycles. The highest BCUT2D eigenvalue weighted by Gasteiger charge is 2.62. The second-order valence-electron chi connectivity index (χ2n) is 11.8. The van der Waals surface area contributed by atoms with Gasteiger partial charge in [0.25, 0.3) is 5.91 Å². The molecule has 14 heteroatoms. The summed E-state index contributed by atoms with van der Waals surface area (Å²) in [6, 6.07) is 7.80. The van der Waals surface area contributed by atoms with E-state index < -0.39 is 50.7 Å². The predicted octanol–water partition coefficient (Wildman–Crippen LogP) is 3.07. The van der Waals surface area contributed by atoms with E-state index in [1.54, 1.807) is 17.0 Å². The van der Waals surface area contributed by atoms with Crippen molar-refractivity contribution in [3.63, 3.8) is 0 Å². The smallest absolute Gasteiger partial charge is 0.391 e. The number of carbonyl (C=O) groups excluding carboxylic acids is 2. The lowest BCUT2D eigenvalue weighted by molar-refractivity contribution is -0.140. The van der Waals surface area contributed by atoms with E-state index in [0.29, 0.717) is 37.1 Å². The summed E-state index contributed by atoms with van der Waals surface area (Å²) in [7, 11) is -3.72. The van der Waals surface area contributed by atoms with Gasteiger partial charge < -0.3 is 15.3 Å². The quantitative estimate of drug-likeness (QED) is 0.481. The van der Waals surface area contributed by atoms with Gasteiger partial charge >= 0.3 is 6.18 Å². The van der Waals surface area contributed by atoms with Crippen LogP contribution in [0.1, 0.15) is 54.4 Å². The van der Waals surface area contributed by atoms with E-state index in [1.165, 1.54) is 4.31 Å². The fraction of sp³-hybridized carbons (Fsp3) is 0.483. The number of hydrogen-bond donors (Lipinski definition) is 2. The van der Waals surface area contributed by atoms with Crippen LogP contribution in [0, 0.1) is 12.7 Å². The summed E-state index contributed by atoms with van der Waals surface area (Å²) in [6.45, 7) is 1.85. The molecule has 2 saturated heterocycles. The fourth-order valence-corrected chi connectivity index (χ4v) is 7.94. The van der Waals surface area contributed by atoms with Gasteiger partial charge in [0.15, 0.2) is 0 Å². The van der Waals surface area contributed by atoms with Crippen LogP contribution in [0.15, 0.2) is 41.4 Å². The second kappa shape index (κ2) is 10.1. The molecule has 2 aromatic carbocycles. The predicted molar refractivity (Wildman–Crippen MR) is 148 cm³/mol. The molecule has 3 fully saturated rings. The number of aryl methyl sites for hydroxylation is 2. The Bertz CT molecular complexity index is 1650. The molecule has 2 spiro atoms. The lowest BCUT2D eigenvalue weighted by atomic mass is 9.89. The first-order valence-corrected chi connectivity index (χ1v) is 15.6. The molecule has 2 N–H and O–H groups in total. The molecule has 9 nitrogen and oxygen atoms in total. The van der Waals surface area contributed by atoms with Gasteiger partial charge in [-0.15, -0.1) is 0 Å². The Morgan fingerprint density at radius 1 is 1.09 bits per heavy atom. The van der Waals surface area contributed by atoms with Crippen LogP contribution >= 0.6 is 0 Å². The Balaban J connectivity index is 1.10. The maximum Gasteiger partial charge on any atom is 0.419 e. The number of carbonyl (C=O) groups is 2. The van der Waals surface area contributed by atoms with Crippen LogP contribution in [0.25, 0.3) is 0 Å². The van der Waals surface area contributed by atoms with Crippen molar-refractivity contribution >= 4 is 33.4 Å².